The summed E-state index contributed by atoms with van der Waals surface area (Å²) in [5, 5.41) is 0. The molecule has 0 heterocycles. The van der Waals surface area contributed by atoms with Gasteiger partial charge in [-0.15, -0.1) is 13.2 Å². The van der Waals surface area contributed by atoms with Crippen molar-refractivity contribution in [1.82, 2.24) is 12.3 Å². The molecule has 0 aliphatic carbocycles. The molecule has 0 saturated carbocycles. The van der Waals surface area contributed by atoms with Gasteiger partial charge in [-0.25, -0.2) is 0 Å². The van der Waals surface area contributed by atoms with Crippen LogP contribution in [0.4, 0.5) is 0 Å². The molecular weight excluding hydrogens is 234 g/mol. The summed E-state index contributed by atoms with van der Waals surface area (Å²) in [4.78, 5) is 11.2. The van der Waals surface area contributed by atoms with E-state index in [1.807, 2.05) is 46.6 Å². The molecule has 0 radical (unpaired) electrons. The molecule has 0 aromatic heterocycles. The molecule has 112 valence electrons. The van der Waals surface area contributed by atoms with E-state index in [1.165, 1.54) is 0 Å². The van der Waals surface area contributed by atoms with Crippen molar-refractivity contribution in [2.24, 2.45) is 4.99 Å². The van der Waals surface area contributed by atoms with Crippen LogP contribution in [-0.2, 0) is 4.79 Å². The average Bonchev–Trinajstić information content (AvgIpc) is 2.27. The predicted octanol–water partition coefficient (Wildman–Crippen LogP) is 4.62. The quantitative estimate of drug-likeness (QED) is 0.496. The smallest absolute Gasteiger partial charge is 0.106 e. The Morgan fingerprint density at radius 3 is 1.00 bits per heavy atom. The topological polar surface area (TPSA) is 99.4 Å². The maximum Gasteiger partial charge on any atom is 0.106 e. The fourth-order valence-electron chi connectivity index (χ4n) is 0. The SMILES string of the molecule is C.C/C=C/C.C=C.C=NC.C=O.CC.N.N.S. The number of rotatable bonds is 0. The minimum Gasteiger partial charge on any atom is -0.344 e. The second-order valence-electron chi connectivity index (χ2n) is 0.983. The number of allylic oxidation sites excluding steroid dienone is 2. The van der Waals surface area contributed by atoms with Gasteiger partial charge in [0.1, 0.15) is 6.79 Å². The van der Waals surface area contributed by atoms with Crippen LogP contribution in [-0.4, -0.2) is 20.6 Å². The van der Waals surface area contributed by atoms with Gasteiger partial charge in [0.05, 0.1) is 0 Å². The Hall–Kier alpha value is -0.910. The minimum absolute atomic E-state index is 0. The van der Waals surface area contributed by atoms with E-state index in [4.69, 9.17) is 4.79 Å². The number of hydrogen-bond acceptors (Lipinski definition) is 4. The molecule has 0 aromatic rings. The molecule has 0 bridgehead atoms. The second kappa shape index (κ2) is 686. The van der Waals surface area contributed by atoms with Crippen molar-refractivity contribution in [3.63, 3.8) is 0 Å². The van der Waals surface area contributed by atoms with Gasteiger partial charge in [0.25, 0.3) is 0 Å². The summed E-state index contributed by atoms with van der Waals surface area (Å²) in [6, 6.07) is 0. The molecule has 0 atom stereocenters. The Morgan fingerprint density at radius 2 is 1.00 bits per heavy atom. The number of nitrogens with zero attached hydrogens (tertiary/aromatic N) is 1. The summed E-state index contributed by atoms with van der Waals surface area (Å²) in [6.45, 7) is 19.1. The molecule has 17 heavy (non-hydrogen) atoms. The molecule has 0 fully saturated rings. The first-order valence-corrected chi connectivity index (χ1v) is 4.04. The summed E-state index contributed by atoms with van der Waals surface area (Å²) >= 11 is 0. The van der Waals surface area contributed by atoms with Crippen LogP contribution < -0.4 is 12.3 Å². The Kier molecular flexibility index (Phi) is 2940. The average molecular weight is 272 g/mol. The zero-order valence-electron chi connectivity index (χ0n) is 11.8. The Labute approximate surface area is 117 Å². The second-order valence-corrected chi connectivity index (χ2v) is 0.983. The predicted molar refractivity (Wildman–Crippen MR) is 92.8 cm³/mol. The monoisotopic (exact) mass is 271 g/mol. The third-order valence-corrected chi connectivity index (χ3v) is 0.333. The zero-order chi connectivity index (χ0) is 12.1. The first-order valence-electron chi connectivity index (χ1n) is 4.04. The fraction of sp³-hybridized carbons (Fsp3) is 0.500. The molecule has 6 N–H and O–H groups in total. The van der Waals surface area contributed by atoms with Gasteiger partial charge in [0.15, 0.2) is 0 Å². The van der Waals surface area contributed by atoms with Gasteiger partial charge in [-0.3, -0.25) is 0 Å². The van der Waals surface area contributed by atoms with Crippen LogP contribution in [0.3, 0.4) is 0 Å². The van der Waals surface area contributed by atoms with Crippen LogP contribution >= 0.6 is 13.5 Å². The molecular formula is C12H37N3OS. The number of carbonyl (C=O) groups excluding carboxylic acids is 1. The first kappa shape index (κ1) is 72.9. The molecule has 0 spiro atoms. The molecule has 0 aromatic carbocycles. The van der Waals surface area contributed by atoms with Gasteiger partial charge in [-0.05, 0) is 20.6 Å². The fourth-order valence-corrected chi connectivity index (χ4v) is 0. The zero-order valence-corrected chi connectivity index (χ0v) is 12.8. The summed E-state index contributed by atoms with van der Waals surface area (Å²) in [5.41, 5.74) is 0. The van der Waals surface area contributed by atoms with Crippen LogP contribution in [0.5, 0.6) is 0 Å². The Morgan fingerprint density at radius 1 is 0.941 bits per heavy atom. The highest BCUT2D eigenvalue weighted by Crippen LogP contribution is 1.57. The standard InChI is InChI=1S/C4H8.C2H5N.C2H6.C2H4.CH2O.CH4.2H3N.H2S/c1-3-4-2;1-3-2;3*1-2;;;;/h3-4H,1-2H3;1H2,2H3;1-2H3;1-2H2;1H2;1H4;2*1H3;1H2/b4-3+;;;;;;;;. The molecule has 0 saturated heterocycles. The van der Waals surface area contributed by atoms with Gasteiger partial charge in [-0.2, -0.15) is 13.5 Å². The Bertz CT molecular complexity index is 76.2. The number of aliphatic imine (C=N–C) groups is 1. The van der Waals surface area contributed by atoms with Crippen LogP contribution in [0, 0.1) is 0 Å². The van der Waals surface area contributed by atoms with Gasteiger partial charge in [-0.1, -0.05) is 33.4 Å². The van der Waals surface area contributed by atoms with Crippen molar-refractivity contribution >= 4 is 27.0 Å². The van der Waals surface area contributed by atoms with Gasteiger partial charge >= 0.3 is 0 Å². The third-order valence-electron chi connectivity index (χ3n) is 0.333. The molecule has 0 rings (SSSR count). The van der Waals surface area contributed by atoms with Crippen LogP contribution in [0.2, 0.25) is 0 Å². The maximum absolute atomic E-state index is 8.00. The van der Waals surface area contributed by atoms with Gasteiger partial charge in [0, 0.05) is 7.05 Å². The summed E-state index contributed by atoms with van der Waals surface area (Å²) in [5.74, 6) is 0. The molecule has 4 nitrogen and oxygen atoms in total. The van der Waals surface area contributed by atoms with Crippen LogP contribution in [0.1, 0.15) is 35.1 Å². The normalized spacial score (nSPS) is 3.82. The lowest BCUT2D eigenvalue weighted by molar-refractivity contribution is -0.0979. The number of carbonyl (C=O) groups is 1. The highest BCUT2D eigenvalue weighted by molar-refractivity contribution is 7.59. The van der Waals surface area contributed by atoms with E-state index in [2.05, 4.69) is 24.9 Å². The van der Waals surface area contributed by atoms with Crippen molar-refractivity contribution in [3.8, 4) is 0 Å². The largest absolute Gasteiger partial charge is 0.344 e. The van der Waals surface area contributed by atoms with Gasteiger partial charge in [0.2, 0.25) is 0 Å². The lowest BCUT2D eigenvalue weighted by Crippen LogP contribution is -1.26. The van der Waals surface area contributed by atoms with E-state index < -0.39 is 0 Å². The maximum atomic E-state index is 8.00. The molecule has 0 amide bonds. The van der Waals surface area contributed by atoms with E-state index in [9.17, 15) is 0 Å². The van der Waals surface area contributed by atoms with E-state index in [0.29, 0.717) is 0 Å². The molecule has 0 aliphatic heterocycles. The van der Waals surface area contributed by atoms with Gasteiger partial charge < -0.3 is 22.1 Å². The highest BCUT2D eigenvalue weighted by Gasteiger charge is 1.34. The van der Waals surface area contributed by atoms with E-state index >= 15 is 0 Å². The van der Waals surface area contributed by atoms with E-state index in [1.54, 1.807) is 7.05 Å². The van der Waals surface area contributed by atoms with Crippen LogP contribution in [0.15, 0.2) is 30.3 Å². The molecule has 0 unspecified atom stereocenters. The summed E-state index contributed by atoms with van der Waals surface area (Å²) in [6.07, 6.45) is 4.00. The van der Waals surface area contributed by atoms with Crippen molar-refractivity contribution in [2.75, 3.05) is 7.05 Å². The van der Waals surface area contributed by atoms with Crippen molar-refractivity contribution < 1.29 is 4.79 Å². The molecule has 5 heteroatoms. The highest BCUT2D eigenvalue weighted by atomic mass is 32.1. The minimum atomic E-state index is 0. The van der Waals surface area contributed by atoms with E-state index in [-0.39, 0.29) is 33.2 Å². The van der Waals surface area contributed by atoms with Crippen molar-refractivity contribution in [3.05, 3.63) is 25.3 Å². The lowest BCUT2D eigenvalue weighted by atomic mass is 10.6. The van der Waals surface area contributed by atoms with E-state index in [0.717, 1.165) is 0 Å². The summed E-state index contributed by atoms with van der Waals surface area (Å²) < 4.78 is 0. The van der Waals surface area contributed by atoms with Crippen molar-refractivity contribution in [2.45, 2.75) is 35.1 Å². The van der Waals surface area contributed by atoms with Crippen LogP contribution in [0.25, 0.3) is 0 Å². The molecule has 0 aliphatic rings. The lowest BCUT2D eigenvalue weighted by Gasteiger charge is -1.49. The third kappa shape index (κ3) is 319000. The van der Waals surface area contributed by atoms with Crippen molar-refractivity contribution in [1.29, 1.82) is 0 Å². The Balaban J connectivity index is -0.00000000656. The first-order chi connectivity index (χ1) is 6.33. The summed E-state index contributed by atoms with van der Waals surface area (Å²) in [7, 11) is 1.64. The number of hydrogen-bond donors (Lipinski definition) is 2.